The Kier molecular flexibility index (Phi) is 3.25. The first-order valence-electron chi connectivity index (χ1n) is 3.82. The zero-order valence-electron chi connectivity index (χ0n) is 6.96. The molecule has 1 aliphatic rings. The largest absolute Gasteiger partial charge is 0.255 e. The van der Waals surface area contributed by atoms with Crippen molar-refractivity contribution in [1.82, 2.24) is 0 Å². The summed E-state index contributed by atoms with van der Waals surface area (Å²) >= 11 is 0. The maximum absolute atomic E-state index is 4.16. The molecule has 0 saturated carbocycles. The number of hydrogen-bond donors (Lipinski definition) is 1. The number of unbranched alkanes of at least 4 members (excludes halogenated alkanes) is 1. The first-order chi connectivity index (χ1) is 5.33. The molecule has 0 aromatic rings. The van der Waals surface area contributed by atoms with Crippen LogP contribution in [0.2, 0.25) is 0 Å². The molecule has 60 valence electrons. The predicted molar refractivity (Wildman–Crippen MR) is 53.9 cm³/mol. The quantitative estimate of drug-likeness (QED) is 0.455. The fourth-order valence-electron chi connectivity index (χ4n) is 0.755. The lowest BCUT2D eigenvalue weighted by Crippen LogP contribution is -1.66. The van der Waals surface area contributed by atoms with Crippen LogP contribution in [0.3, 0.4) is 0 Å². The Labute approximate surface area is 70.9 Å². The summed E-state index contributed by atoms with van der Waals surface area (Å²) in [6.45, 7) is 4.16. The molecular weight excluding hydrogens is 154 g/mol. The lowest BCUT2D eigenvalue weighted by molar-refractivity contribution is 0.984. The van der Waals surface area contributed by atoms with Crippen molar-refractivity contribution < 1.29 is 0 Å². The minimum atomic E-state index is -0.311. The minimum absolute atomic E-state index is 0.311. The summed E-state index contributed by atoms with van der Waals surface area (Å²) in [7, 11) is -0.311. The zero-order valence-corrected chi connectivity index (χ0v) is 7.86. The van der Waals surface area contributed by atoms with Crippen molar-refractivity contribution in [3.05, 3.63) is 11.1 Å². The van der Waals surface area contributed by atoms with Gasteiger partial charge < -0.3 is 0 Å². The number of nitrogens with zero attached hydrogens (tertiary/aromatic N) is 1. The second kappa shape index (κ2) is 4.25. The van der Waals surface area contributed by atoms with Gasteiger partial charge >= 0.3 is 0 Å². The molecule has 0 spiro atoms. The molecule has 0 bridgehead atoms. The Balaban J connectivity index is 2.42. The first-order valence-corrected chi connectivity index (χ1v) is 5.30. The molecule has 0 fully saturated rings. The first kappa shape index (κ1) is 8.42. The Bertz CT molecular complexity index is 242. The van der Waals surface area contributed by atoms with Crippen molar-refractivity contribution in [2.75, 3.05) is 0 Å². The number of allylic oxidation sites excluding steroid dienone is 1. The number of aliphatic imine (C=N–C) groups is 1. The van der Waals surface area contributed by atoms with E-state index in [1.165, 1.54) is 0 Å². The Morgan fingerprint density at radius 3 is 3.00 bits per heavy atom. The molecule has 1 nitrogen and oxygen atoms in total. The van der Waals surface area contributed by atoms with E-state index in [9.17, 15) is 0 Å². The van der Waals surface area contributed by atoms with Crippen LogP contribution in [0.25, 0.3) is 0 Å². The van der Waals surface area contributed by atoms with E-state index < -0.39 is 0 Å². The van der Waals surface area contributed by atoms with Crippen molar-refractivity contribution in [2.45, 2.75) is 26.7 Å². The van der Waals surface area contributed by atoms with E-state index >= 15 is 0 Å². The highest BCUT2D eigenvalue weighted by Gasteiger charge is 1.98. The molecule has 1 heterocycles. The van der Waals surface area contributed by atoms with Crippen molar-refractivity contribution >= 4 is 16.4 Å². The van der Waals surface area contributed by atoms with Gasteiger partial charge in [-0.05, 0) is 24.0 Å². The fraction of sp³-hybridized carbons (Fsp3) is 0.444. The van der Waals surface area contributed by atoms with Gasteiger partial charge in [-0.3, -0.25) is 4.99 Å². The molecule has 0 N–H and O–H groups in total. The van der Waals surface area contributed by atoms with Gasteiger partial charge in [-0.15, -0.1) is 10.9 Å². The fourth-order valence-corrected chi connectivity index (χ4v) is 2.01. The number of rotatable bonds is 1. The van der Waals surface area contributed by atoms with E-state index in [0.29, 0.717) is 0 Å². The molecule has 1 aliphatic heterocycles. The van der Waals surface area contributed by atoms with E-state index in [0.717, 1.165) is 18.5 Å². The third kappa shape index (κ3) is 2.81. The molecule has 2 heteroatoms. The molecule has 0 radical (unpaired) electrons. The lowest BCUT2D eigenvalue weighted by Gasteiger charge is -1.92. The van der Waals surface area contributed by atoms with Crippen molar-refractivity contribution in [1.29, 1.82) is 0 Å². The summed E-state index contributed by atoms with van der Waals surface area (Å²) in [4.78, 5) is 4.16. The topological polar surface area (TPSA) is 12.4 Å². The minimum Gasteiger partial charge on any atom is -0.255 e. The van der Waals surface area contributed by atoms with Crippen molar-refractivity contribution in [2.24, 2.45) is 4.99 Å². The highest BCUT2D eigenvalue weighted by molar-refractivity contribution is 8.34. The van der Waals surface area contributed by atoms with Crippen LogP contribution in [0.15, 0.2) is 16.1 Å². The van der Waals surface area contributed by atoms with Crippen LogP contribution in [0.5, 0.6) is 0 Å². The third-order valence-corrected chi connectivity index (χ3v) is 2.73. The van der Waals surface area contributed by atoms with Gasteiger partial charge in [-0.1, -0.05) is 12.8 Å². The van der Waals surface area contributed by atoms with E-state index in [-0.39, 0.29) is 10.9 Å². The van der Waals surface area contributed by atoms with Crippen molar-refractivity contribution in [3.63, 3.8) is 0 Å². The summed E-state index contributed by atoms with van der Waals surface area (Å²) in [5, 5.41) is 5.35. The SMILES string of the molecule is CCCC#C[SH]1C=NC(C)=C1. The van der Waals surface area contributed by atoms with Gasteiger partial charge in [0.15, 0.2) is 0 Å². The second-order valence-corrected chi connectivity index (χ2v) is 3.99. The van der Waals surface area contributed by atoms with E-state index in [1.54, 1.807) is 0 Å². The average molecular weight is 167 g/mol. The lowest BCUT2D eigenvalue weighted by atomic mass is 10.4. The molecule has 1 unspecified atom stereocenters. The monoisotopic (exact) mass is 167 g/mol. The van der Waals surface area contributed by atoms with Crippen LogP contribution in [-0.2, 0) is 0 Å². The smallest absolute Gasteiger partial charge is 0.0545 e. The second-order valence-electron chi connectivity index (χ2n) is 2.46. The van der Waals surface area contributed by atoms with Gasteiger partial charge in [-0.2, -0.15) is 0 Å². The van der Waals surface area contributed by atoms with Gasteiger partial charge in [0, 0.05) is 12.1 Å². The molecule has 0 saturated heterocycles. The summed E-state index contributed by atoms with van der Waals surface area (Å²) in [6.07, 6.45) is 2.16. The van der Waals surface area contributed by atoms with E-state index in [1.807, 2.05) is 12.5 Å². The number of hydrogen-bond acceptors (Lipinski definition) is 1. The number of thiol groups is 1. The summed E-state index contributed by atoms with van der Waals surface area (Å²) in [5.74, 6) is 3.14. The van der Waals surface area contributed by atoms with Crippen LogP contribution in [-0.4, -0.2) is 5.55 Å². The van der Waals surface area contributed by atoms with Crippen LogP contribution < -0.4 is 0 Å². The van der Waals surface area contributed by atoms with Gasteiger partial charge in [0.2, 0.25) is 0 Å². The molecule has 11 heavy (non-hydrogen) atoms. The molecule has 0 aliphatic carbocycles. The van der Waals surface area contributed by atoms with Crippen LogP contribution in [0, 0.1) is 11.2 Å². The van der Waals surface area contributed by atoms with Gasteiger partial charge in [0.05, 0.1) is 5.55 Å². The Hall–Kier alpha value is -0.680. The van der Waals surface area contributed by atoms with Crippen LogP contribution >= 0.6 is 10.9 Å². The van der Waals surface area contributed by atoms with Gasteiger partial charge in [-0.25, -0.2) is 0 Å². The van der Waals surface area contributed by atoms with Gasteiger partial charge in [0.25, 0.3) is 0 Å². The van der Waals surface area contributed by atoms with E-state index in [2.05, 4.69) is 28.5 Å². The Morgan fingerprint density at radius 1 is 1.64 bits per heavy atom. The standard InChI is InChI=1S/C9H13NS/c1-3-4-5-6-11-7-9(2)10-8-11/h7-8,11H,3-4H2,1-2H3. The van der Waals surface area contributed by atoms with Crippen LogP contribution in [0.4, 0.5) is 0 Å². The molecule has 0 aromatic heterocycles. The summed E-state index contributed by atoms with van der Waals surface area (Å²) < 4.78 is 0. The third-order valence-electron chi connectivity index (χ3n) is 1.29. The van der Waals surface area contributed by atoms with E-state index in [4.69, 9.17) is 0 Å². The molecule has 0 amide bonds. The highest BCUT2D eigenvalue weighted by Crippen LogP contribution is 2.29. The zero-order chi connectivity index (χ0) is 8.10. The Morgan fingerprint density at radius 2 is 2.45 bits per heavy atom. The summed E-state index contributed by atoms with van der Waals surface area (Å²) in [6, 6.07) is 0. The molecular formula is C9H13NS. The molecule has 1 rings (SSSR count). The summed E-state index contributed by atoms with van der Waals surface area (Å²) in [5.41, 5.74) is 3.08. The van der Waals surface area contributed by atoms with Crippen molar-refractivity contribution in [3.8, 4) is 11.2 Å². The molecule has 1 atom stereocenters. The normalized spacial score (nSPS) is 24.2. The maximum Gasteiger partial charge on any atom is 0.0545 e. The molecule has 0 aromatic carbocycles. The van der Waals surface area contributed by atoms with Gasteiger partial charge in [0.1, 0.15) is 0 Å². The average Bonchev–Trinajstić information content (AvgIpc) is 2.37. The predicted octanol–water partition coefficient (Wildman–Crippen LogP) is 2.65. The van der Waals surface area contributed by atoms with Crippen LogP contribution in [0.1, 0.15) is 26.7 Å². The maximum atomic E-state index is 4.16. The highest BCUT2D eigenvalue weighted by atomic mass is 32.2.